The Hall–Kier alpha value is -1.52. The summed E-state index contributed by atoms with van der Waals surface area (Å²) in [5.41, 5.74) is -7.25. The van der Waals surface area contributed by atoms with E-state index in [0.29, 0.717) is 25.7 Å². The van der Waals surface area contributed by atoms with Crippen molar-refractivity contribution in [2.24, 2.45) is 23.2 Å². The van der Waals surface area contributed by atoms with Crippen LogP contribution in [0.4, 0.5) is 26.3 Å². The molecular weight excluding hydrogens is 422 g/mol. The third kappa shape index (κ3) is 3.78. The number of ether oxygens (including phenoxy) is 2. The zero-order valence-electron chi connectivity index (χ0n) is 16.5. The maximum absolute atomic E-state index is 13.1. The van der Waals surface area contributed by atoms with Crippen LogP contribution < -0.4 is 0 Å². The number of hydrogen-bond donors (Lipinski definition) is 1. The number of rotatable bonds is 5. The van der Waals surface area contributed by atoms with Crippen LogP contribution in [0, 0.1) is 23.2 Å². The lowest BCUT2D eigenvalue weighted by Gasteiger charge is -2.45. The van der Waals surface area contributed by atoms with Crippen molar-refractivity contribution in [1.29, 1.82) is 0 Å². The molecule has 0 aromatic rings. The number of carbonyl (C=O) groups excluding carboxylic acids is 2. The minimum Gasteiger partial charge on any atom is -0.462 e. The fraction of sp³-hybridized carbons (Fsp3) is 0.895. The summed E-state index contributed by atoms with van der Waals surface area (Å²) in [4.78, 5) is 24.8. The summed E-state index contributed by atoms with van der Waals surface area (Å²) in [6, 6.07) is 0. The van der Waals surface area contributed by atoms with E-state index in [4.69, 9.17) is 9.47 Å². The summed E-state index contributed by atoms with van der Waals surface area (Å²) in [5, 5.41) is 9.56. The highest BCUT2D eigenvalue weighted by atomic mass is 19.4. The lowest BCUT2D eigenvalue weighted by molar-refractivity contribution is -0.375. The molecule has 0 aromatic carbocycles. The van der Waals surface area contributed by atoms with Gasteiger partial charge in [-0.1, -0.05) is 6.92 Å². The van der Waals surface area contributed by atoms with Crippen molar-refractivity contribution in [2.75, 3.05) is 0 Å². The molecule has 2 saturated heterocycles. The first-order valence-electron chi connectivity index (χ1n) is 9.88. The molecule has 2 aliphatic heterocycles. The fourth-order valence-corrected chi connectivity index (χ4v) is 4.99. The van der Waals surface area contributed by atoms with E-state index in [1.807, 2.05) is 0 Å². The first kappa shape index (κ1) is 23.1. The van der Waals surface area contributed by atoms with Gasteiger partial charge in [-0.25, -0.2) is 0 Å². The first-order chi connectivity index (χ1) is 13.6. The summed E-state index contributed by atoms with van der Waals surface area (Å²) < 4.78 is 89.7. The SMILES string of the molecule is CCC(C)(CC(O)(C(F)(F)F)C(F)(F)F)C(=O)OC1C2CC3CC1CC(C2)C(=O)O3. The minimum absolute atomic E-state index is 0.242. The Balaban J connectivity index is 1.80. The lowest BCUT2D eigenvalue weighted by Crippen LogP contribution is -2.60. The van der Waals surface area contributed by atoms with Gasteiger partial charge in [-0.15, -0.1) is 0 Å². The summed E-state index contributed by atoms with van der Waals surface area (Å²) in [6.45, 7) is 2.20. The predicted octanol–water partition coefficient (Wildman–Crippen LogP) is 3.92. The van der Waals surface area contributed by atoms with Crippen LogP contribution in [0.25, 0.3) is 0 Å². The zero-order chi connectivity index (χ0) is 22.7. The third-order valence-corrected chi connectivity index (χ3v) is 6.95. The van der Waals surface area contributed by atoms with Crippen LogP contribution in [0.5, 0.6) is 0 Å². The van der Waals surface area contributed by atoms with Gasteiger partial charge in [-0.05, 0) is 39.0 Å². The van der Waals surface area contributed by atoms with Crippen LogP contribution in [0.15, 0.2) is 0 Å². The molecule has 5 nitrogen and oxygen atoms in total. The number of carbonyl (C=O) groups is 2. The molecule has 4 aliphatic rings. The van der Waals surface area contributed by atoms with Gasteiger partial charge in [0.05, 0.1) is 11.3 Å². The molecule has 2 heterocycles. The average Bonchev–Trinajstić information content (AvgIpc) is 2.79. The van der Waals surface area contributed by atoms with Gasteiger partial charge in [0.1, 0.15) is 12.2 Å². The van der Waals surface area contributed by atoms with E-state index in [2.05, 4.69) is 0 Å². The van der Waals surface area contributed by atoms with Crippen LogP contribution in [-0.4, -0.2) is 47.2 Å². The first-order valence-corrected chi connectivity index (χ1v) is 9.88. The van der Waals surface area contributed by atoms with Crippen LogP contribution >= 0.6 is 0 Å². The molecule has 4 bridgehead atoms. The van der Waals surface area contributed by atoms with Crippen LogP contribution in [0.2, 0.25) is 0 Å². The minimum atomic E-state index is -6.01. The van der Waals surface area contributed by atoms with Crippen molar-refractivity contribution < 1.29 is 50.5 Å². The van der Waals surface area contributed by atoms with Gasteiger partial charge in [-0.3, -0.25) is 9.59 Å². The molecule has 1 N–H and O–H groups in total. The van der Waals surface area contributed by atoms with Gasteiger partial charge in [0.2, 0.25) is 0 Å². The Labute approximate surface area is 169 Å². The van der Waals surface area contributed by atoms with Crippen molar-refractivity contribution in [1.82, 2.24) is 0 Å². The summed E-state index contributed by atoms with van der Waals surface area (Å²) in [6.07, 6.45) is -13.6. The average molecular weight is 446 g/mol. The maximum atomic E-state index is 13.1. The molecule has 2 aliphatic carbocycles. The van der Waals surface area contributed by atoms with Crippen LogP contribution in [0.3, 0.4) is 0 Å². The second-order valence-electron chi connectivity index (χ2n) is 9.04. The van der Waals surface area contributed by atoms with Crippen LogP contribution in [0.1, 0.15) is 52.4 Å². The zero-order valence-corrected chi connectivity index (χ0v) is 16.5. The largest absolute Gasteiger partial charge is 0.462 e. The van der Waals surface area contributed by atoms with Gasteiger partial charge in [-0.2, -0.15) is 26.3 Å². The molecule has 11 heteroatoms. The molecule has 4 rings (SSSR count). The summed E-state index contributed by atoms with van der Waals surface area (Å²) in [5.74, 6) is -2.34. The van der Waals surface area contributed by atoms with Crippen molar-refractivity contribution in [3.63, 3.8) is 0 Å². The van der Waals surface area contributed by atoms with Gasteiger partial charge >= 0.3 is 24.3 Å². The topological polar surface area (TPSA) is 72.8 Å². The van der Waals surface area contributed by atoms with Crippen LogP contribution in [-0.2, 0) is 19.1 Å². The molecule has 172 valence electrons. The van der Waals surface area contributed by atoms with Crippen molar-refractivity contribution >= 4 is 11.9 Å². The smallest absolute Gasteiger partial charge is 0.426 e. The standard InChI is InChI=1S/C19H24F6O5/c1-3-16(2,8-17(28,18(20,21)22)19(23,24)25)15(27)30-13-9-4-11-5-10(13)7-12(6-9)29-14(11)26/h9-13,28H,3-8H2,1-2H3. The number of halogens is 6. The summed E-state index contributed by atoms with van der Waals surface area (Å²) in [7, 11) is 0. The summed E-state index contributed by atoms with van der Waals surface area (Å²) >= 11 is 0. The number of fused-ring (bicyclic) bond motifs is 1. The van der Waals surface area contributed by atoms with Crippen molar-refractivity contribution in [2.45, 2.75) is 82.5 Å². The fourth-order valence-electron chi connectivity index (χ4n) is 4.99. The van der Waals surface area contributed by atoms with Gasteiger partial charge < -0.3 is 14.6 Å². The highest BCUT2D eigenvalue weighted by Gasteiger charge is 2.72. The molecule has 30 heavy (non-hydrogen) atoms. The number of alkyl halides is 6. The second kappa shape index (κ2) is 7.27. The normalized spacial score (nSPS) is 33.6. The quantitative estimate of drug-likeness (QED) is 0.512. The second-order valence-corrected chi connectivity index (χ2v) is 9.04. The Kier molecular flexibility index (Phi) is 5.61. The third-order valence-electron chi connectivity index (χ3n) is 6.95. The van der Waals surface area contributed by atoms with Crippen molar-refractivity contribution in [3.05, 3.63) is 0 Å². The monoisotopic (exact) mass is 446 g/mol. The Morgan fingerprint density at radius 2 is 1.57 bits per heavy atom. The molecule has 0 radical (unpaired) electrons. The van der Waals surface area contributed by atoms with E-state index >= 15 is 0 Å². The van der Waals surface area contributed by atoms with Gasteiger partial charge in [0.15, 0.2) is 0 Å². The Morgan fingerprint density at radius 1 is 1.07 bits per heavy atom. The molecule has 0 amide bonds. The molecule has 3 atom stereocenters. The number of esters is 2. The molecule has 0 aromatic heterocycles. The van der Waals surface area contributed by atoms with Crippen molar-refractivity contribution in [3.8, 4) is 0 Å². The van der Waals surface area contributed by atoms with E-state index in [9.17, 15) is 41.0 Å². The molecule has 3 unspecified atom stereocenters. The highest BCUT2D eigenvalue weighted by molar-refractivity contribution is 5.77. The highest BCUT2D eigenvalue weighted by Crippen LogP contribution is 2.52. The maximum Gasteiger partial charge on any atom is 0.426 e. The predicted molar refractivity (Wildman–Crippen MR) is 88.8 cm³/mol. The number of aliphatic hydroxyl groups is 1. The van der Waals surface area contributed by atoms with E-state index in [1.54, 1.807) is 0 Å². The lowest BCUT2D eigenvalue weighted by atomic mass is 9.66. The van der Waals surface area contributed by atoms with E-state index in [0.717, 1.165) is 6.92 Å². The molecular formula is C19H24F6O5. The number of hydrogen-bond acceptors (Lipinski definition) is 5. The Morgan fingerprint density at radius 3 is 2.00 bits per heavy atom. The van der Waals surface area contributed by atoms with Gasteiger partial charge in [0.25, 0.3) is 5.60 Å². The Bertz CT molecular complexity index is 675. The molecule has 0 spiro atoms. The van der Waals surface area contributed by atoms with E-state index < -0.39 is 48.3 Å². The van der Waals surface area contributed by atoms with Gasteiger partial charge in [0, 0.05) is 18.3 Å². The van der Waals surface area contributed by atoms with E-state index in [1.165, 1.54) is 6.92 Å². The molecule has 2 saturated carbocycles. The molecule has 4 fully saturated rings. The van der Waals surface area contributed by atoms with E-state index in [-0.39, 0.29) is 29.8 Å².